The number of carbonyl (C=O) groups excluding carboxylic acids is 1. The van der Waals surface area contributed by atoms with Gasteiger partial charge in [-0.15, -0.1) is 0 Å². The van der Waals surface area contributed by atoms with E-state index in [9.17, 15) is 9.59 Å². The predicted molar refractivity (Wildman–Crippen MR) is 89.4 cm³/mol. The first kappa shape index (κ1) is 17.5. The molecule has 0 fully saturated rings. The standard InChI is InChI=1S/C18H20N2O4/c1-18(2,11-12-4-6-14(24-3)7-5-12)20-16(21)15-10-13(17(22)23)8-9-19-15/h4-10H,11H2,1-3H3,(H,20,21)(H,22,23). The van der Waals surface area contributed by atoms with Crippen LogP contribution in [0.25, 0.3) is 0 Å². The van der Waals surface area contributed by atoms with Crippen LogP contribution in [0.5, 0.6) is 5.75 Å². The Labute approximate surface area is 140 Å². The molecule has 1 amide bonds. The van der Waals surface area contributed by atoms with Crippen molar-refractivity contribution in [1.29, 1.82) is 0 Å². The van der Waals surface area contributed by atoms with Gasteiger partial charge in [-0.1, -0.05) is 12.1 Å². The third-order valence-corrected chi connectivity index (χ3v) is 3.50. The maximum absolute atomic E-state index is 12.3. The topological polar surface area (TPSA) is 88.5 Å². The Morgan fingerprint density at radius 1 is 1.21 bits per heavy atom. The number of carbonyl (C=O) groups is 2. The van der Waals surface area contributed by atoms with Crippen molar-refractivity contribution in [3.8, 4) is 5.75 Å². The maximum Gasteiger partial charge on any atom is 0.335 e. The molecule has 0 aliphatic carbocycles. The molecule has 0 spiro atoms. The van der Waals surface area contributed by atoms with Gasteiger partial charge in [-0.2, -0.15) is 0 Å². The highest BCUT2D eigenvalue weighted by atomic mass is 16.5. The Morgan fingerprint density at radius 3 is 2.46 bits per heavy atom. The summed E-state index contributed by atoms with van der Waals surface area (Å²) in [5.74, 6) is -0.726. The number of rotatable bonds is 6. The molecule has 0 aliphatic heterocycles. The number of methoxy groups -OCH3 is 1. The molecule has 0 bridgehead atoms. The van der Waals surface area contributed by atoms with Crippen molar-refractivity contribution in [2.75, 3.05) is 7.11 Å². The number of carboxylic acid groups (broad SMARTS) is 1. The van der Waals surface area contributed by atoms with Crippen LogP contribution in [0, 0.1) is 0 Å². The number of aromatic nitrogens is 1. The zero-order valence-electron chi connectivity index (χ0n) is 13.9. The van der Waals surface area contributed by atoms with E-state index >= 15 is 0 Å². The van der Waals surface area contributed by atoms with Gasteiger partial charge in [0, 0.05) is 11.7 Å². The number of carboxylic acids is 1. The second kappa shape index (κ2) is 7.12. The van der Waals surface area contributed by atoms with Crippen molar-refractivity contribution >= 4 is 11.9 Å². The van der Waals surface area contributed by atoms with Gasteiger partial charge in [0.2, 0.25) is 0 Å². The van der Waals surface area contributed by atoms with Gasteiger partial charge in [0.15, 0.2) is 0 Å². The first-order chi connectivity index (χ1) is 11.3. The summed E-state index contributed by atoms with van der Waals surface area (Å²) < 4.78 is 5.13. The smallest absolute Gasteiger partial charge is 0.335 e. The van der Waals surface area contributed by atoms with E-state index in [-0.39, 0.29) is 11.3 Å². The number of hydrogen-bond donors (Lipinski definition) is 2. The Balaban J connectivity index is 2.08. The van der Waals surface area contributed by atoms with Crippen LogP contribution in [0.4, 0.5) is 0 Å². The van der Waals surface area contributed by atoms with Gasteiger partial charge in [0.25, 0.3) is 5.91 Å². The predicted octanol–water partition coefficient (Wildman–Crippen LogP) is 2.54. The van der Waals surface area contributed by atoms with E-state index in [1.165, 1.54) is 18.3 Å². The van der Waals surface area contributed by atoms with E-state index in [1.54, 1.807) is 7.11 Å². The summed E-state index contributed by atoms with van der Waals surface area (Å²) in [7, 11) is 1.61. The second-order valence-corrected chi connectivity index (χ2v) is 6.10. The number of amides is 1. The van der Waals surface area contributed by atoms with E-state index in [0.717, 1.165) is 11.3 Å². The highest BCUT2D eigenvalue weighted by Crippen LogP contribution is 2.17. The van der Waals surface area contributed by atoms with Gasteiger partial charge in [-0.3, -0.25) is 9.78 Å². The van der Waals surface area contributed by atoms with Crippen molar-refractivity contribution in [2.24, 2.45) is 0 Å². The average Bonchev–Trinajstić information content (AvgIpc) is 2.54. The number of nitrogens with one attached hydrogen (secondary N) is 1. The minimum absolute atomic E-state index is 0.0307. The van der Waals surface area contributed by atoms with Crippen LogP contribution in [0.1, 0.15) is 40.3 Å². The minimum atomic E-state index is -1.09. The van der Waals surface area contributed by atoms with Crippen LogP contribution in [0.2, 0.25) is 0 Å². The molecule has 1 aromatic carbocycles. The van der Waals surface area contributed by atoms with Crippen LogP contribution in [0.3, 0.4) is 0 Å². The molecule has 24 heavy (non-hydrogen) atoms. The highest BCUT2D eigenvalue weighted by molar-refractivity contribution is 5.96. The summed E-state index contributed by atoms with van der Waals surface area (Å²) >= 11 is 0. The molecule has 2 rings (SSSR count). The van der Waals surface area contributed by atoms with Gasteiger partial charge < -0.3 is 15.2 Å². The van der Waals surface area contributed by atoms with E-state index in [0.29, 0.717) is 6.42 Å². The molecular weight excluding hydrogens is 308 g/mol. The number of ether oxygens (including phenoxy) is 1. The van der Waals surface area contributed by atoms with Gasteiger partial charge in [-0.05, 0) is 50.1 Å². The van der Waals surface area contributed by atoms with Crippen molar-refractivity contribution in [3.63, 3.8) is 0 Å². The molecule has 2 aromatic rings. The Morgan fingerprint density at radius 2 is 1.88 bits per heavy atom. The number of benzene rings is 1. The zero-order chi connectivity index (χ0) is 17.7. The lowest BCUT2D eigenvalue weighted by molar-refractivity contribution is 0.0696. The summed E-state index contributed by atoms with van der Waals surface area (Å²) in [5.41, 5.74) is 0.640. The summed E-state index contributed by atoms with van der Waals surface area (Å²) in [5, 5.41) is 11.9. The first-order valence-electron chi connectivity index (χ1n) is 7.45. The third-order valence-electron chi connectivity index (χ3n) is 3.50. The van der Waals surface area contributed by atoms with Gasteiger partial charge >= 0.3 is 5.97 Å². The lowest BCUT2D eigenvalue weighted by atomic mass is 9.94. The van der Waals surface area contributed by atoms with Crippen molar-refractivity contribution in [3.05, 3.63) is 59.4 Å². The third kappa shape index (κ3) is 4.55. The average molecular weight is 328 g/mol. The molecule has 1 aromatic heterocycles. The molecule has 2 N–H and O–H groups in total. The number of nitrogens with zero attached hydrogens (tertiary/aromatic N) is 1. The second-order valence-electron chi connectivity index (χ2n) is 6.10. The molecule has 0 radical (unpaired) electrons. The summed E-state index contributed by atoms with van der Waals surface area (Å²) in [4.78, 5) is 27.3. The van der Waals surface area contributed by atoms with Crippen LogP contribution in [0.15, 0.2) is 42.6 Å². The summed E-state index contributed by atoms with van der Waals surface area (Å²) in [6.07, 6.45) is 1.93. The zero-order valence-corrected chi connectivity index (χ0v) is 13.9. The molecule has 1 heterocycles. The molecule has 0 aliphatic rings. The molecule has 6 heteroatoms. The van der Waals surface area contributed by atoms with Crippen LogP contribution < -0.4 is 10.1 Å². The number of hydrogen-bond acceptors (Lipinski definition) is 4. The largest absolute Gasteiger partial charge is 0.497 e. The van der Waals surface area contributed by atoms with E-state index in [1.807, 2.05) is 38.1 Å². The van der Waals surface area contributed by atoms with E-state index in [4.69, 9.17) is 9.84 Å². The fourth-order valence-corrected chi connectivity index (χ4v) is 2.36. The SMILES string of the molecule is COc1ccc(CC(C)(C)NC(=O)c2cc(C(=O)O)ccn2)cc1. The quantitative estimate of drug-likeness (QED) is 0.851. The lowest BCUT2D eigenvalue weighted by Gasteiger charge is -2.26. The maximum atomic E-state index is 12.3. The minimum Gasteiger partial charge on any atom is -0.497 e. The van der Waals surface area contributed by atoms with Crippen LogP contribution in [-0.4, -0.2) is 34.6 Å². The van der Waals surface area contributed by atoms with E-state index < -0.39 is 17.4 Å². The van der Waals surface area contributed by atoms with Crippen LogP contribution in [-0.2, 0) is 6.42 Å². The summed E-state index contributed by atoms with van der Waals surface area (Å²) in [6.45, 7) is 3.80. The van der Waals surface area contributed by atoms with E-state index in [2.05, 4.69) is 10.3 Å². The monoisotopic (exact) mass is 328 g/mol. The summed E-state index contributed by atoms with van der Waals surface area (Å²) in [6, 6.07) is 10.2. The van der Waals surface area contributed by atoms with Gasteiger partial charge in [0.1, 0.15) is 11.4 Å². The van der Waals surface area contributed by atoms with Crippen molar-refractivity contribution in [2.45, 2.75) is 25.8 Å². The Kier molecular flexibility index (Phi) is 5.18. The highest BCUT2D eigenvalue weighted by Gasteiger charge is 2.23. The van der Waals surface area contributed by atoms with Gasteiger partial charge in [-0.25, -0.2) is 4.79 Å². The first-order valence-corrected chi connectivity index (χ1v) is 7.45. The molecular formula is C18H20N2O4. The molecule has 0 saturated heterocycles. The molecule has 0 saturated carbocycles. The Hall–Kier alpha value is -2.89. The van der Waals surface area contributed by atoms with Crippen molar-refractivity contribution < 1.29 is 19.4 Å². The number of pyridine rings is 1. The van der Waals surface area contributed by atoms with Crippen molar-refractivity contribution in [1.82, 2.24) is 10.3 Å². The molecule has 6 nitrogen and oxygen atoms in total. The Bertz CT molecular complexity index is 739. The fourth-order valence-electron chi connectivity index (χ4n) is 2.36. The normalized spacial score (nSPS) is 11.0. The van der Waals surface area contributed by atoms with Crippen LogP contribution >= 0.6 is 0 Å². The molecule has 0 atom stereocenters. The lowest BCUT2D eigenvalue weighted by Crippen LogP contribution is -2.45. The molecule has 0 unspecified atom stereocenters. The molecule has 126 valence electrons. The fraction of sp³-hybridized carbons (Fsp3) is 0.278. The number of aromatic carboxylic acids is 1. The van der Waals surface area contributed by atoms with Gasteiger partial charge in [0.05, 0.1) is 12.7 Å².